The number of nitrogens with zero attached hydrogens (tertiary/aromatic N) is 5. The third-order valence-electron chi connectivity index (χ3n) is 1.86. The Labute approximate surface area is 91.2 Å². The molecule has 0 radical (unpaired) electrons. The molecule has 0 spiro atoms. The number of tetrazole rings is 1. The summed E-state index contributed by atoms with van der Waals surface area (Å²) in [5.74, 6) is 0. The van der Waals surface area contributed by atoms with E-state index in [1.54, 1.807) is 0 Å². The van der Waals surface area contributed by atoms with Crippen molar-refractivity contribution in [1.82, 2.24) is 19.8 Å². The zero-order valence-corrected chi connectivity index (χ0v) is 8.55. The van der Waals surface area contributed by atoms with Gasteiger partial charge in [-0.3, -0.25) is 0 Å². The number of rotatable bonds is 2. The molecule has 1 aromatic carbocycles. The van der Waals surface area contributed by atoms with Gasteiger partial charge in [0.2, 0.25) is 4.77 Å². The Morgan fingerprint density at radius 3 is 2.67 bits per heavy atom. The van der Waals surface area contributed by atoms with Gasteiger partial charge in [-0.2, -0.15) is 9.94 Å². The summed E-state index contributed by atoms with van der Waals surface area (Å²) >= 11 is 5.12. The third kappa shape index (κ3) is 1.78. The lowest BCUT2D eigenvalue weighted by molar-refractivity contribution is 0.658. The van der Waals surface area contributed by atoms with Crippen LogP contribution in [-0.2, 0) is 6.54 Å². The van der Waals surface area contributed by atoms with Crippen LogP contribution in [0, 0.1) is 16.1 Å². The molecule has 2 rings (SSSR count). The lowest BCUT2D eigenvalue weighted by Crippen LogP contribution is -1.99. The van der Waals surface area contributed by atoms with Gasteiger partial charge in [-0.05, 0) is 34.8 Å². The lowest BCUT2D eigenvalue weighted by Gasteiger charge is -1.97. The molecular weight excluding hydrogens is 210 g/mol. The van der Waals surface area contributed by atoms with Gasteiger partial charge in [-0.1, -0.05) is 18.2 Å². The maximum Gasteiger partial charge on any atom is 0.221 e. The highest BCUT2D eigenvalue weighted by Crippen LogP contribution is 2.05. The van der Waals surface area contributed by atoms with E-state index in [2.05, 4.69) is 10.4 Å². The molecule has 0 aliphatic rings. The van der Waals surface area contributed by atoms with Crippen molar-refractivity contribution in [2.45, 2.75) is 6.54 Å². The van der Waals surface area contributed by atoms with Gasteiger partial charge in [0.15, 0.2) is 0 Å². The Balaban J connectivity index is 2.48. The van der Waals surface area contributed by atoms with Crippen LogP contribution in [0.5, 0.6) is 0 Å². The second-order valence-corrected chi connectivity index (χ2v) is 3.19. The molecule has 0 fully saturated rings. The molecule has 15 heavy (non-hydrogen) atoms. The van der Waals surface area contributed by atoms with Crippen LogP contribution in [0.2, 0.25) is 0 Å². The molecular formula is C9H7N5S. The van der Waals surface area contributed by atoms with Crippen LogP contribution < -0.4 is 0 Å². The topological polar surface area (TPSA) is 59.4 Å². The van der Waals surface area contributed by atoms with E-state index < -0.39 is 0 Å². The monoisotopic (exact) mass is 217 g/mol. The highest BCUT2D eigenvalue weighted by atomic mass is 32.1. The lowest BCUT2D eigenvalue weighted by atomic mass is 10.3. The summed E-state index contributed by atoms with van der Waals surface area (Å²) in [4.78, 5) is 0. The van der Waals surface area contributed by atoms with Gasteiger partial charge in [-0.15, -0.1) is 0 Å². The molecule has 0 bridgehead atoms. The van der Waals surface area contributed by atoms with Crippen molar-refractivity contribution in [3.63, 3.8) is 0 Å². The smallest absolute Gasteiger partial charge is 0.204 e. The fourth-order valence-electron chi connectivity index (χ4n) is 1.17. The molecule has 0 atom stereocenters. The molecule has 5 nitrogen and oxygen atoms in total. The van der Waals surface area contributed by atoms with Crippen LogP contribution in [-0.4, -0.2) is 19.8 Å². The quantitative estimate of drug-likeness (QED) is 0.712. The standard InChI is InChI=1S/C9H7N5S/c10-6-7-13-9(15)14(12-11-13)8-4-2-1-3-5-8/h1-5H,7H2. The van der Waals surface area contributed by atoms with Gasteiger partial charge in [-0.25, -0.2) is 4.68 Å². The minimum atomic E-state index is 0.117. The minimum absolute atomic E-state index is 0.117. The van der Waals surface area contributed by atoms with Crippen LogP contribution >= 0.6 is 12.2 Å². The zero-order valence-electron chi connectivity index (χ0n) is 7.74. The largest absolute Gasteiger partial charge is 0.221 e. The molecule has 0 saturated heterocycles. The number of benzene rings is 1. The normalized spacial score (nSPS) is 9.80. The number of aromatic nitrogens is 4. The van der Waals surface area contributed by atoms with Crippen molar-refractivity contribution in [1.29, 1.82) is 5.26 Å². The van der Waals surface area contributed by atoms with E-state index >= 15 is 0 Å². The molecule has 0 N–H and O–H groups in total. The molecule has 1 heterocycles. The first-order valence-corrected chi connectivity index (χ1v) is 4.69. The van der Waals surface area contributed by atoms with Crippen molar-refractivity contribution in [3.05, 3.63) is 35.1 Å². The van der Waals surface area contributed by atoms with Crippen molar-refractivity contribution in [3.8, 4) is 11.8 Å². The predicted octanol–water partition coefficient (Wildman–Crippen LogP) is 1.32. The Bertz CT molecular complexity index is 548. The number of nitriles is 1. The van der Waals surface area contributed by atoms with Crippen LogP contribution in [0.25, 0.3) is 5.69 Å². The van der Waals surface area contributed by atoms with Crippen molar-refractivity contribution in [2.75, 3.05) is 0 Å². The van der Waals surface area contributed by atoms with Gasteiger partial charge < -0.3 is 0 Å². The maximum absolute atomic E-state index is 8.53. The summed E-state index contributed by atoms with van der Waals surface area (Å²) < 4.78 is 3.32. The Morgan fingerprint density at radius 2 is 2.00 bits per heavy atom. The van der Waals surface area contributed by atoms with Crippen LogP contribution in [0.3, 0.4) is 0 Å². The average Bonchev–Trinajstić information content (AvgIpc) is 2.63. The molecule has 74 valence electrons. The SMILES string of the molecule is N#CCn1nnn(-c2ccccc2)c1=S. The highest BCUT2D eigenvalue weighted by molar-refractivity contribution is 7.71. The minimum Gasteiger partial charge on any atom is -0.204 e. The van der Waals surface area contributed by atoms with Crippen LogP contribution in [0.4, 0.5) is 0 Å². The second-order valence-electron chi connectivity index (χ2n) is 2.82. The molecule has 0 amide bonds. The average molecular weight is 217 g/mol. The Morgan fingerprint density at radius 1 is 1.27 bits per heavy atom. The first-order chi connectivity index (χ1) is 7.33. The van der Waals surface area contributed by atoms with Gasteiger partial charge >= 0.3 is 0 Å². The molecule has 0 saturated carbocycles. The van der Waals surface area contributed by atoms with E-state index in [0.717, 1.165) is 5.69 Å². The van der Waals surface area contributed by atoms with Gasteiger partial charge in [0, 0.05) is 0 Å². The summed E-state index contributed by atoms with van der Waals surface area (Å²) in [6, 6.07) is 11.4. The predicted molar refractivity (Wildman–Crippen MR) is 55.8 cm³/mol. The maximum atomic E-state index is 8.53. The molecule has 6 heteroatoms. The van der Waals surface area contributed by atoms with E-state index in [-0.39, 0.29) is 6.54 Å². The third-order valence-corrected chi connectivity index (χ3v) is 2.24. The van der Waals surface area contributed by atoms with E-state index in [0.29, 0.717) is 4.77 Å². The fraction of sp³-hybridized carbons (Fsp3) is 0.111. The van der Waals surface area contributed by atoms with Crippen LogP contribution in [0.15, 0.2) is 30.3 Å². The molecule has 2 aromatic rings. The number of hydrogen-bond donors (Lipinski definition) is 0. The molecule has 0 aliphatic carbocycles. The van der Waals surface area contributed by atoms with Gasteiger partial charge in [0.1, 0.15) is 6.54 Å². The van der Waals surface area contributed by atoms with Gasteiger partial charge in [0.05, 0.1) is 11.8 Å². The van der Waals surface area contributed by atoms with Crippen LogP contribution in [0.1, 0.15) is 0 Å². The number of para-hydroxylation sites is 1. The molecule has 1 aromatic heterocycles. The van der Waals surface area contributed by atoms with E-state index in [9.17, 15) is 0 Å². The number of hydrogen-bond acceptors (Lipinski definition) is 4. The zero-order chi connectivity index (χ0) is 10.7. The summed E-state index contributed by atoms with van der Waals surface area (Å²) in [5, 5.41) is 16.2. The molecule has 0 aliphatic heterocycles. The summed E-state index contributed by atoms with van der Waals surface area (Å²) in [6.07, 6.45) is 0. The Hall–Kier alpha value is -2.00. The summed E-state index contributed by atoms with van der Waals surface area (Å²) in [7, 11) is 0. The first-order valence-electron chi connectivity index (χ1n) is 4.28. The highest BCUT2D eigenvalue weighted by Gasteiger charge is 2.03. The Kier molecular flexibility index (Phi) is 2.56. The van der Waals surface area contributed by atoms with Gasteiger partial charge in [0.25, 0.3) is 0 Å². The second kappa shape index (κ2) is 4.02. The molecule has 0 unspecified atom stereocenters. The summed E-state index contributed by atoms with van der Waals surface area (Å²) in [6.45, 7) is 0.117. The summed E-state index contributed by atoms with van der Waals surface area (Å²) in [5.41, 5.74) is 0.840. The van der Waals surface area contributed by atoms with Crippen molar-refractivity contribution in [2.24, 2.45) is 0 Å². The first kappa shape index (κ1) is 9.55. The fourth-order valence-corrected chi connectivity index (χ4v) is 1.41. The van der Waals surface area contributed by atoms with E-state index in [1.165, 1.54) is 9.36 Å². The van der Waals surface area contributed by atoms with E-state index in [4.69, 9.17) is 17.5 Å². The van der Waals surface area contributed by atoms with E-state index in [1.807, 2.05) is 36.4 Å². The van der Waals surface area contributed by atoms with Crippen molar-refractivity contribution < 1.29 is 0 Å². The van der Waals surface area contributed by atoms with Crippen molar-refractivity contribution >= 4 is 12.2 Å².